The van der Waals surface area contributed by atoms with Crippen molar-refractivity contribution in [1.82, 2.24) is 0 Å². The van der Waals surface area contributed by atoms with Crippen molar-refractivity contribution in [2.24, 2.45) is 0 Å². The van der Waals surface area contributed by atoms with Gasteiger partial charge in [-0.05, 0) is 64.2 Å². The first-order valence-electron chi connectivity index (χ1n) is 31.5. The van der Waals surface area contributed by atoms with E-state index < -0.39 is 87.1 Å². The van der Waals surface area contributed by atoms with Crippen LogP contribution in [0.5, 0.6) is 0 Å². The summed E-state index contributed by atoms with van der Waals surface area (Å²) in [6.45, 7) is 13.3. The number of aliphatic hydroxyl groups excluding tert-OH is 2. The molecule has 4 saturated heterocycles. The van der Waals surface area contributed by atoms with Crippen LogP contribution < -0.4 is 41.5 Å². The summed E-state index contributed by atoms with van der Waals surface area (Å²) >= 11 is 0. The topological polar surface area (TPSA) is 188 Å². The summed E-state index contributed by atoms with van der Waals surface area (Å²) in [5, 5.41) is 23.6. The van der Waals surface area contributed by atoms with Gasteiger partial charge in [-0.1, -0.05) is 243 Å². The van der Waals surface area contributed by atoms with Crippen LogP contribution in [0.3, 0.4) is 0 Å². The van der Waals surface area contributed by atoms with Gasteiger partial charge < -0.3 is 77.3 Å². The van der Waals surface area contributed by atoms with Crippen molar-refractivity contribution < 1.29 is 77.3 Å². The molecule has 4 aliphatic rings. The predicted octanol–water partition coefficient (Wildman–Crippen LogP) is 5.57. The Balaban J connectivity index is 1.37. The van der Waals surface area contributed by atoms with E-state index in [-0.39, 0.29) is 46.0 Å². The molecule has 0 spiro atoms. The van der Waals surface area contributed by atoms with E-state index in [1.807, 2.05) is 256 Å². The molecule has 2 N–H and O–H groups in total. The Hall–Kier alpha value is -4.36. The van der Waals surface area contributed by atoms with Crippen molar-refractivity contribution in [2.45, 2.75) is 64.2 Å². The van der Waals surface area contributed by atoms with E-state index in [4.69, 9.17) is 67.1 Å². The lowest BCUT2D eigenvalue weighted by Gasteiger charge is -2.57. The van der Waals surface area contributed by atoms with Gasteiger partial charge >= 0.3 is 70.4 Å². The molecule has 4 unspecified atom stereocenters. The lowest BCUT2D eigenvalue weighted by molar-refractivity contribution is 0.0491. The number of hydrogen-bond donors (Lipinski definition) is 2. The summed E-state index contributed by atoms with van der Waals surface area (Å²) in [5.74, 6) is 0. The maximum absolute atomic E-state index is 9.77. The van der Waals surface area contributed by atoms with Gasteiger partial charge in [0, 0.05) is 54.7 Å². The van der Waals surface area contributed by atoms with Crippen molar-refractivity contribution in [3.63, 3.8) is 0 Å². The summed E-state index contributed by atoms with van der Waals surface area (Å²) in [6.07, 6.45) is 1.17. The first kappa shape index (κ1) is 70.9. The standard InChI is InChI=1S/C64H80O18Si12/c1-83-69-87(57-33-15-7-16-34-57)73-91(61-41-23-11-24-42-61)77-89(59-37-19-9-20-38-59,71-85(3,4)55-31-51-67-53-49-65)78-92(74-87,62-43-25-12-26-44-62)82-94(64-47-29-14-30-48-64)76-88(70-84-2,58-35-17-8-18-36-58)75-93(81-91,63-45-27-13-28-46-63)79-90(80-94,60-39-21-10-22-40-60)72-86(5,6)56-32-52-68-54-50-66/h7-30,33-48,65-66H,31-32,49-56H2,1-6H3. The van der Waals surface area contributed by atoms with Crippen LogP contribution in [0.1, 0.15) is 12.8 Å². The first-order valence-corrected chi connectivity index (χ1v) is 54.3. The Bertz CT molecular complexity index is 3270. The van der Waals surface area contributed by atoms with Crippen molar-refractivity contribution in [3.8, 4) is 0 Å². The lowest BCUT2D eigenvalue weighted by atomic mass is 10.4. The molecule has 30 heteroatoms. The van der Waals surface area contributed by atoms with E-state index in [0.717, 1.165) is 0 Å². The minimum atomic E-state index is -5.33. The minimum absolute atomic E-state index is 0.109. The zero-order valence-corrected chi connectivity index (χ0v) is 65.6. The van der Waals surface area contributed by atoms with Crippen LogP contribution in [0.2, 0.25) is 51.4 Å². The third-order valence-electron chi connectivity index (χ3n) is 15.6. The van der Waals surface area contributed by atoms with Crippen LogP contribution in [0.25, 0.3) is 0 Å². The summed E-state index contributed by atoms with van der Waals surface area (Å²) in [5.41, 5.74) is 0. The molecule has 492 valence electrons. The van der Waals surface area contributed by atoms with Crippen LogP contribution in [0.15, 0.2) is 243 Å². The number of aliphatic hydroxyl groups is 2. The Kier molecular flexibility index (Phi) is 23.6. The summed E-state index contributed by atoms with van der Waals surface area (Å²) in [4.78, 5) is 0. The lowest BCUT2D eigenvalue weighted by Crippen LogP contribution is -2.90. The second-order valence-corrected chi connectivity index (χ2v) is 57.4. The van der Waals surface area contributed by atoms with Crippen molar-refractivity contribution in [1.29, 1.82) is 0 Å². The molecular weight excluding hydrogens is 1390 g/mol. The highest BCUT2D eigenvalue weighted by Crippen LogP contribution is 2.44. The summed E-state index contributed by atoms with van der Waals surface area (Å²) in [7, 11) is -47.9. The number of fused-ring (bicyclic) bond motifs is 4. The van der Waals surface area contributed by atoms with Gasteiger partial charge in [-0.15, -0.1) is 0 Å². The number of hydrogen-bond acceptors (Lipinski definition) is 18. The minimum Gasteiger partial charge on any atom is -0.413 e. The van der Waals surface area contributed by atoms with Crippen LogP contribution in [0, 0.1) is 0 Å². The molecule has 12 rings (SSSR count). The predicted molar refractivity (Wildman–Crippen MR) is 383 cm³/mol. The third kappa shape index (κ3) is 15.9. The van der Waals surface area contributed by atoms with Gasteiger partial charge in [0.05, 0.1) is 26.4 Å². The zero-order valence-electron chi connectivity index (χ0n) is 53.6. The molecule has 18 nitrogen and oxygen atoms in total. The quantitative estimate of drug-likeness (QED) is 0.0457. The molecule has 94 heavy (non-hydrogen) atoms. The monoisotopic (exact) mass is 1470 g/mol. The maximum atomic E-state index is 9.77. The molecule has 4 aliphatic heterocycles. The molecule has 0 saturated carbocycles. The average molecular weight is 1470 g/mol. The SMILES string of the molecule is C[Si]O[Si]1(c2ccccc2)O[Si]2(c3ccccc3)O[Si](O[Si](C)(C)CCCOCCO)(c3ccccc3)O[Si](c3ccccc3)(O1)O[Si]1(c3ccccc3)O[Si](O[Si]C)(c3ccccc3)O[Si](c3ccccc3)(O[Si](O[Si](C)(C)CCCOCCO)(c3ccccc3)O1)O2. The van der Waals surface area contributed by atoms with E-state index in [2.05, 4.69) is 26.2 Å². The highest BCUT2D eigenvalue weighted by atomic mass is 28.6. The van der Waals surface area contributed by atoms with Gasteiger partial charge in [0.25, 0.3) is 0 Å². The van der Waals surface area contributed by atoms with Crippen LogP contribution in [-0.2, 0) is 67.1 Å². The Morgan fingerprint density at radius 1 is 0.298 bits per heavy atom. The van der Waals surface area contributed by atoms with Crippen LogP contribution >= 0.6 is 0 Å². The van der Waals surface area contributed by atoms with Gasteiger partial charge in [-0.25, -0.2) is 0 Å². The largest absolute Gasteiger partial charge is 0.515 e. The highest BCUT2D eigenvalue weighted by Gasteiger charge is 2.80. The van der Waals surface area contributed by atoms with E-state index in [0.29, 0.717) is 79.6 Å². The van der Waals surface area contributed by atoms with E-state index in [9.17, 15) is 10.2 Å². The zero-order chi connectivity index (χ0) is 65.7. The van der Waals surface area contributed by atoms with Gasteiger partial charge in [0.15, 0.2) is 16.6 Å². The molecule has 4 bridgehead atoms. The van der Waals surface area contributed by atoms with Crippen molar-refractivity contribution in [3.05, 3.63) is 243 Å². The molecule has 4 heterocycles. The Morgan fingerprint density at radius 2 is 0.511 bits per heavy atom. The van der Waals surface area contributed by atoms with E-state index in [1.54, 1.807) is 0 Å². The van der Waals surface area contributed by atoms with Gasteiger partial charge in [-0.2, -0.15) is 0 Å². The van der Waals surface area contributed by atoms with Gasteiger partial charge in [0.2, 0.25) is 19.5 Å². The van der Waals surface area contributed by atoms with Crippen LogP contribution in [0.4, 0.5) is 0 Å². The molecule has 0 aromatic heterocycles. The average Bonchev–Trinajstić information content (AvgIpc) is 0.689. The molecule has 8 aromatic carbocycles. The number of ether oxygens (including phenoxy) is 2. The van der Waals surface area contributed by atoms with Gasteiger partial charge in [-0.3, -0.25) is 0 Å². The second kappa shape index (κ2) is 31.2. The Labute approximate surface area is 567 Å². The normalized spacial score (nSPS) is 27.4. The fourth-order valence-corrected chi connectivity index (χ4v) is 65.5. The van der Waals surface area contributed by atoms with Gasteiger partial charge in [0.1, 0.15) is 0 Å². The van der Waals surface area contributed by atoms with Crippen LogP contribution in [-0.4, -0.2) is 156 Å². The van der Waals surface area contributed by atoms with E-state index >= 15 is 0 Å². The smallest absolute Gasteiger partial charge is 0.413 e. The highest BCUT2D eigenvalue weighted by molar-refractivity contribution is 7.11. The second-order valence-electron chi connectivity index (χ2n) is 23.6. The fraction of sp³-hybridized carbons (Fsp3) is 0.250. The molecule has 0 aliphatic carbocycles. The summed E-state index contributed by atoms with van der Waals surface area (Å²) in [6, 6.07) is 78.3. The third-order valence-corrected chi connectivity index (χ3v) is 58.9. The molecule has 0 amide bonds. The molecular formula is C64H80O18Si12. The molecule has 4 radical (unpaired) electrons. The Morgan fingerprint density at radius 3 is 0.734 bits per heavy atom. The first-order chi connectivity index (χ1) is 45.6. The number of benzene rings is 8. The van der Waals surface area contributed by atoms with Crippen molar-refractivity contribution >= 4 is 148 Å². The van der Waals surface area contributed by atoms with Crippen molar-refractivity contribution in [2.75, 3.05) is 39.6 Å². The fourth-order valence-electron chi connectivity index (χ4n) is 11.5. The number of rotatable bonds is 28. The molecule has 8 aromatic rings. The van der Waals surface area contributed by atoms with E-state index in [1.165, 1.54) is 0 Å². The maximum Gasteiger partial charge on any atom is 0.515 e. The summed E-state index contributed by atoms with van der Waals surface area (Å²) < 4.78 is 130. The molecule has 4 atom stereocenters. The molecule has 4 fully saturated rings.